The minimum Gasteiger partial charge on any atom is -0.493 e. The Balaban J connectivity index is 0.000000868. The summed E-state index contributed by atoms with van der Waals surface area (Å²) in [6.07, 6.45) is 7.16. The van der Waals surface area contributed by atoms with Crippen LogP contribution in [0.25, 0.3) is 11.0 Å². The molecular weight excluding hydrogens is 426 g/mol. The number of nitrogens with two attached hydrogens (primary N) is 1. The van der Waals surface area contributed by atoms with Crippen LogP contribution < -0.4 is 15.8 Å². The maximum absolute atomic E-state index is 5.99. The van der Waals surface area contributed by atoms with E-state index in [0.717, 1.165) is 84.6 Å². The molecule has 0 unspecified atom stereocenters. The van der Waals surface area contributed by atoms with Crippen LogP contribution in [0.5, 0.6) is 5.75 Å². The number of hydrogen-bond acceptors (Lipinski definition) is 7. The van der Waals surface area contributed by atoms with Gasteiger partial charge in [0.05, 0.1) is 18.0 Å². The van der Waals surface area contributed by atoms with Crippen LogP contribution in [0.1, 0.15) is 49.1 Å². The number of anilines is 1. The first-order valence-corrected chi connectivity index (χ1v) is 12.6. The van der Waals surface area contributed by atoms with Crippen LogP contribution in [0.15, 0.2) is 34.9 Å². The summed E-state index contributed by atoms with van der Waals surface area (Å²) in [5.74, 6) is 3.01. The number of likely N-dealkylation sites (tertiary alicyclic amines) is 1. The molecule has 1 saturated heterocycles. The van der Waals surface area contributed by atoms with E-state index in [1.807, 2.05) is 26.2 Å². The van der Waals surface area contributed by atoms with Crippen LogP contribution in [-0.4, -0.2) is 48.8 Å². The largest absolute Gasteiger partial charge is 0.493 e. The van der Waals surface area contributed by atoms with Crippen molar-refractivity contribution in [2.24, 2.45) is 11.8 Å². The molecule has 2 aromatic heterocycles. The summed E-state index contributed by atoms with van der Waals surface area (Å²) >= 11 is 0. The smallest absolute Gasteiger partial charge is 0.173 e. The lowest BCUT2D eigenvalue weighted by Gasteiger charge is -2.31. The number of hydrogen-bond donors (Lipinski definition) is 2. The van der Waals surface area contributed by atoms with E-state index >= 15 is 0 Å². The zero-order valence-corrected chi connectivity index (χ0v) is 20.8. The molecule has 0 atom stereocenters. The molecule has 3 aromatic rings. The minimum absolute atomic E-state index is 0.601. The summed E-state index contributed by atoms with van der Waals surface area (Å²) in [5.41, 5.74) is 9.90. The van der Waals surface area contributed by atoms with Crippen molar-refractivity contribution in [3.05, 3.63) is 47.3 Å². The number of nitrogens with one attached hydrogen (secondary N) is 1. The standard InChI is InChI=1S/C25H32N4O2.C2H7N/c1-17-23(30-16-19-5-6-19)10-8-21-22(28-31-25(17)21)9-7-18-11-13-29(14-12-18)15-20-3-2-4-24(26)27-20;1-3-2/h2-4,8,10,18-19H,5-7,9,11-16H2,1H3,(H2,26,27);3H,1-2H3. The van der Waals surface area contributed by atoms with Crippen molar-refractivity contribution in [3.63, 3.8) is 0 Å². The van der Waals surface area contributed by atoms with E-state index in [-0.39, 0.29) is 0 Å². The summed E-state index contributed by atoms with van der Waals surface area (Å²) in [7, 11) is 3.75. The van der Waals surface area contributed by atoms with Gasteiger partial charge in [-0.15, -0.1) is 0 Å². The van der Waals surface area contributed by atoms with Crippen molar-refractivity contribution in [2.75, 3.05) is 39.5 Å². The fourth-order valence-corrected chi connectivity index (χ4v) is 4.59. The minimum atomic E-state index is 0.601. The molecule has 1 aromatic carbocycles. The number of nitrogens with zero attached hydrogens (tertiary/aromatic N) is 3. The molecule has 184 valence electrons. The Labute approximate surface area is 203 Å². The lowest BCUT2D eigenvalue weighted by atomic mass is 9.91. The molecule has 1 aliphatic carbocycles. The van der Waals surface area contributed by atoms with Gasteiger partial charge >= 0.3 is 0 Å². The Morgan fingerprint density at radius 3 is 2.56 bits per heavy atom. The van der Waals surface area contributed by atoms with Gasteiger partial charge in [-0.05, 0) is 109 Å². The molecule has 7 heteroatoms. The monoisotopic (exact) mass is 465 g/mol. The quantitative estimate of drug-likeness (QED) is 0.503. The predicted molar refractivity (Wildman–Crippen MR) is 137 cm³/mol. The van der Waals surface area contributed by atoms with Gasteiger partial charge in [0.15, 0.2) is 5.58 Å². The van der Waals surface area contributed by atoms with E-state index < -0.39 is 0 Å². The highest BCUT2D eigenvalue weighted by atomic mass is 16.5. The number of rotatable bonds is 8. The normalized spacial score (nSPS) is 16.9. The van der Waals surface area contributed by atoms with E-state index in [2.05, 4.69) is 45.5 Å². The van der Waals surface area contributed by atoms with Gasteiger partial charge in [0.2, 0.25) is 0 Å². The molecule has 0 amide bonds. The zero-order chi connectivity index (χ0) is 23.9. The molecular formula is C27H39N5O2. The Hall–Kier alpha value is -2.64. The van der Waals surface area contributed by atoms with E-state index in [0.29, 0.717) is 5.82 Å². The van der Waals surface area contributed by atoms with Crippen molar-refractivity contribution >= 4 is 16.8 Å². The first-order chi connectivity index (χ1) is 16.6. The number of ether oxygens (including phenoxy) is 1. The van der Waals surface area contributed by atoms with Crippen LogP contribution in [-0.2, 0) is 13.0 Å². The highest BCUT2D eigenvalue weighted by Crippen LogP contribution is 2.34. The van der Waals surface area contributed by atoms with Gasteiger partial charge < -0.3 is 20.3 Å². The number of benzene rings is 1. The van der Waals surface area contributed by atoms with Crippen LogP contribution in [0.4, 0.5) is 5.82 Å². The van der Waals surface area contributed by atoms with Crippen LogP contribution >= 0.6 is 0 Å². The number of fused-ring (bicyclic) bond motifs is 1. The van der Waals surface area contributed by atoms with Crippen LogP contribution in [0, 0.1) is 18.8 Å². The molecule has 0 spiro atoms. The van der Waals surface area contributed by atoms with Gasteiger partial charge in [0.1, 0.15) is 11.6 Å². The van der Waals surface area contributed by atoms with Gasteiger partial charge in [-0.25, -0.2) is 4.98 Å². The average molecular weight is 466 g/mol. The van der Waals surface area contributed by atoms with Gasteiger partial charge in [-0.1, -0.05) is 11.2 Å². The Morgan fingerprint density at radius 1 is 1.09 bits per heavy atom. The highest BCUT2D eigenvalue weighted by molar-refractivity contribution is 5.84. The molecule has 3 N–H and O–H groups in total. The third-order valence-corrected chi connectivity index (χ3v) is 6.80. The summed E-state index contributed by atoms with van der Waals surface area (Å²) in [6, 6.07) is 10.1. The average Bonchev–Trinajstić information content (AvgIpc) is 3.57. The number of aryl methyl sites for hydroxylation is 2. The Morgan fingerprint density at radius 2 is 1.85 bits per heavy atom. The van der Waals surface area contributed by atoms with E-state index in [1.54, 1.807) is 0 Å². The summed E-state index contributed by atoms with van der Waals surface area (Å²) in [5, 5.41) is 8.30. The topological polar surface area (TPSA) is 89.4 Å². The first-order valence-electron chi connectivity index (χ1n) is 12.6. The molecule has 34 heavy (non-hydrogen) atoms. The first kappa shape index (κ1) is 24.5. The second-order valence-corrected chi connectivity index (χ2v) is 9.76. The fraction of sp³-hybridized carbons (Fsp3) is 0.556. The second-order valence-electron chi connectivity index (χ2n) is 9.76. The maximum atomic E-state index is 5.99. The van der Waals surface area contributed by atoms with Crippen molar-refractivity contribution in [3.8, 4) is 5.75 Å². The van der Waals surface area contributed by atoms with Gasteiger partial charge in [-0.3, -0.25) is 4.90 Å². The van der Waals surface area contributed by atoms with Crippen LogP contribution in [0.2, 0.25) is 0 Å². The number of piperidine rings is 1. The van der Waals surface area contributed by atoms with Crippen molar-refractivity contribution in [1.29, 1.82) is 0 Å². The van der Waals surface area contributed by atoms with Gasteiger partial charge in [0, 0.05) is 17.5 Å². The number of aromatic nitrogens is 2. The third kappa shape index (κ3) is 6.48. The van der Waals surface area contributed by atoms with Crippen molar-refractivity contribution in [2.45, 2.75) is 52.0 Å². The SMILES string of the molecule is CNC.Cc1c(OCC2CC2)ccc2c(CCC3CCN(Cc4cccc(N)n4)CC3)noc12. The maximum Gasteiger partial charge on any atom is 0.173 e. The molecule has 7 nitrogen and oxygen atoms in total. The molecule has 0 radical (unpaired) electrons. The molecule has 0 bridgehead atoms. The molecule has 5 rings (SSSR count). The third-order valence-electron chi connectivity index (χ3n) is 6.80. The van der Waals surface area contributed by atoms with Gasteiger partial charge in [-0.2, -0.15) is 0 Å². The lowest BCUT2D eigenvalue weighted by Crippen LogP contribution is -2.33. The molecule has 1 saturated carbocycles. The van der Waals surface area contributed by atoms with Crippen molar-refractivity contribution < 1.29 is 9.26 Å². The molecule has 1 aliphatic heterocycles. The van der Waals surface area contributed by atoms with E-state index in [1.165, 1.54) is 25.7 Å². The molecule has 3 heterocycles. The van der Waals surface area contributed by atoms with Crippen molar-refractivity contribution in [1.82, 2.24) is 20.4 Å². The summed E-state index contributed by atoms with van der Waals surface area (Å²) < 4.78 is 11.7. The molecule has 2 aliphatic rings. The number of nitrogen functional groups attached to an aromatic ring is 1. The van der Waals surface area contributed by atoms with E-state index in [9.17, 15) is 0 Å². The Bertz CT molecular complexity index is 1050. The highest BCUT2D eigenvalue weighted by Gasteiger charge is 2.23. The summed E-state index contributed by atoms with van der Waals surface area (Å²) in [4.78, 5) is 6.91. The van der Waals surface area contributed by atoms with Crippen LogP contribution in [0.3, 0.4) is 0 Å². The second kappa shape index (κ2) is 11.7. The summed E-state index contributed by atoms with van der Waals surface area (Å²) in [6.45, 7) is 6.00. The van der Waals surface area contributed by atoms with E-state index in [4.69, 9.17) is 15.0 Å². The number of pyridine rings is 1. The zero-order valence-electron chi connectivity index (χ0n) is 20.8. The molecule has 2 fully saturated rings. The Kier molecular flexibility index (Phi) is 8.40. The lowest BCUT2D eigenvalue weighted by molar-refractivity contribution is 0.170. The predicted octanol–water partition coefficient (Wildman–Crippen LogP) is 4.58. The fourth-order valence-electron chi connectivity index (χ4n) is 4.59. The van der Waals surface area contributed by atoms with Gasteiger partial charge in [0.25, 0.3) is 0 Å².